The largest absolute Gasteiger partial charge is 0.368 e. The van der Waals surface area contributed by atoms with E-state index in [-0.39, 0.29) is 17.7 Å². The van der Waals surface area contributed by atoms with Gasteiger partial charge in [0.2, 0.25) is 0 Å². The number of anilines is 1. The molecule has 1 aliphatic heterocycles. The zero-order chi connectivity index (χ0) is 19.9. The molecule has 2 heterocycles. The highest BCUT2D eigenvalue weighted by Gasteiger charge is 2.38. The van der Waals surface area contributed by atoms with Gasteiger partial charge in [-0.15, -0.1) is 0 Å². The van der Waals surface area contributed by atoms with E-state index >= 15 is 0 Å². The second kappa shape index (κ2) is 6.60. The highest BCUT2D eigenvalue weighted by atomic mass is 16.2. The Morgan fingerprint density at radius 2 is 1.71 bits per heavy atom. The highest BCUT2D eigenvalue weighted by Crippen LogP contribution is 2.46. The summed E-state index contributed by atoms with van der Waals surface area (Å²) in [7, 11) is 1.95. The van der Waals surface area contributed by atoms with Crippen LogP contribution in [0.5, 0.6) is 0 Å². The van der Waals surface area contributed by atoms with Crippen molar-refractivity contribution in [3.63, 3.8) is 0 Å². The highest BCUT2D eigenvalue weighted by molar-refractivity contribution is 5.92. The van der Waals surface area contributed by atoms with Gasteiger partial charge in [-0.1, -0.05) is 50.2 Å². The lowest BCUT2D eigenvalue weighted by Crippen LogP contribution is -2.28. The molecule has 0 saturated carbocycles. The van der Waals surface area contributed by atoms with Gasteiger partial charge in [0.05, 0.1) is 5.69 Å². The number of benzene rings is 2. The Labute approximate surface area is 162 Å². The standard InChI is InChI=1S/C21H21N5O2/c1-21(2)17-11-7-8-12-18(17)24(3)19(21)13-16(27)14-25-20(28)26(23-22-25)15-9-5-4-6-10-15/h4-13H,14H2,1-3H3/b19-13+. The first kappa shape index (κ1) is 17.9. The van der Waals surface area contributed by atoms with Crippen molar-refractivity contribution in [2.75, 3.05) is 11.9 Å². The fourth-order valence-electron chi connectivity index (χ4n) is 3.71. The summed E-state index contributed by atoms with van der Waals surface area (Å²) in [5.41, 5.74) is 3.01. The molecule has 0 N–H and O–H groups in total. The van der Waals surface area contributed by atoms with Gasteiger partial charge in [-0.05, 0) is 34.2 Å². The molecule has 28 heavy (non-hydrogen) atoms. The van der Waals surface area contributed by atoms with Gasteiger partial charge in [0.25, 0.3) is 0 Å². The third kappa shape index (κ3) is 2.85. The van der Waals surface area contributed by atoms with Crippen LogP contribution in [-0.2, 0) is 16.8 Å². The smallest absolute Gasteiger partial charge is 0.347 e. The zero-order valence-corrected chi connectivity index (χ0v) is 16.0. The van der Waals surface area contributed by atoms with Crippen molar-refractivity contribution >= 4 is 11.5 Å². The average molecular weight is 375 g/mol. The van der Waals surface area contributed by atoms with Crippen LogP contribution in [0.15, 0.2) is 71.2 Å². The van der Waals surface area contributed by atoms with E-state index in [9.17, 15) is 9.59 Å². The second-order valence-electron chi connectivity index (χ2n) is 7.36. The number of hydrogen-bond donors (Lipinski definition) is 0. The minimum Gasteiger partial charge on any atom is -0.347 e. The Morgan fingerprint density at radius 3 is 2.43 bits per heavy atom. The first-order chi connectivity index (χ1) is 13.4. The van der Waals surface area contributed by atoms with Crippen LogP contribution >= 0.6 is 0 Å². The van der Waals surface area contributed by atoms with Crippen LogP contribution in [-0.4, -0.2) is 32.6 Å². The molecule has 0 bridgehead atoms. The van der Waals surface area contributed by atoms with Crippen molar-refractivity contribution in [2.24, 2.45) is 0 Å². The third-order valence-corrected chi connectivity index (χ3v) is 5.18. The van der Waals surface area contributed by atoms with Crippen molar-refractivity contribution in [3.05, 3.63) is 82.4 Å². The van der Waals surface area contributed by atoms with Crippen LogP contribution < -0.4 is 10.6 Å². The number of carbonyl (C=O) groups is 1. The molecule has 7 heteroatoms. The lowest BCUT2D eigenvalue weighted by atomic mass is 9.83. The van der Waals surface area contributed by atoms with E-state index in [1.807, 2.05) is 48.3 Å². The summed E-state index contributed by atoms with van der Waals surface area (Å²) in [6.45, 7) is 4.02. The maximum Gasteiger partial charge on any atom is 0.368 e. The number of allylic oxidation sites excluding steroid dienone is 2. The third-order valence-electron chi connectivity index (χ3n) is 5.18. The van der Waals surface area contributed by atoms with E-state index in [0.29, 0.717) is 5.69 Å². The summed E-state index contributed by atoms with van der Waals surface area (Å²) in [4.78, 5) is 27.3. The number of rotatable bonds is 4. The minimum atomic E-state index is -0.444. The molecule has 1 aliphatic rings. The Balaban J connectivity index is 1.61. The number of carbonyl (C=O) groups excluding carboxylic acids is 1. The lowest BCUT2D eigenvalue weighted by Gasteiger charge is -2.23. The van der Waals surface area contributed by atoms with Gasteiger partial charge in [-0.2, -0.15) is 9.36 Å². The summed E-state index contributed by atoms with van der Waals surface area (Å²) in [6, 6.07) is 17.1. The minimum absolute atomic E-state index is 0.157. The molecule has 0 atom stereocenters. The van der Waals surface area contributed by atoms with Gasteiger partial charge >= 0.3 is 5.69 Å². The molecule has 3 aromatic rings. The van der Waals surface area contributed by atoms with Crippen molar-refractivity contribution in [1.29, 1.82) is 0 Å². The van der Waals surface area contributed by atoms with Crippen molar-refractivity contribution in [1.82, 2.24) is 19.8 Å². The summed E-state index contributed by atoms with van der Waals surface area (Å²) in [6.07, 6.45) is 1.61. The summed E-state index contributed by atoms with van der Waals surface area (Å²) < 4.78 is 2.27. The molecule has 0 aliphatic carbocycles. The molecule has 2 aromatic carbocycles. The molecule has 0 amide bonds. The van der Waals surface area contributed by atoms with E-state index in [1.54, 1.807) is 18.2 Å². The Hall–Kier alpha value is -3.48. The first-order valence-electron chi connectivity index (χ1n) is 9.06. The van der Waals surface area contributed by atoms with Crippen LogP contribution in [0.1, 0.15) is 19.4 Å². The van der Waals surface area contributed by atoms with Crippen LogP contribution in [0, 0.1) is 0 Å². The number of nitrogens with zero attached hydrogens (tertiary/aromatic N) is 5. The summed E-state index contributed by atoms with van der Waals surface area (Å²) >= 11 is 0. The average Bonchev–Trinajstić information content (AvgIpc) is 3.14. The monoisotopic (exact) mass is 375 g/mol. The topological polar surface area (TPSA) is 73.0 Å². The van der Waals surface area contributed by atoms with Crippen molar-refractivity contribution in [3.8, 4) is 5.69 Å². The molecule has 0 unspecified atom stereocenters. The van der Waals surface area contributed by atoms with E-state index in [1.165, 1.54) is 10.2 Å². The SMILES string of the molecule is CN1/C(=C/C(=O)Cn2nnn(-c3ccccc3)c2=O)C(C)(C)c2ccccc21. The molecular weight excluding hydrogens is 354 g/mol. The fourth-order valence-corrected chi connectivity index (χ4v) is 3.71. The van der Waals surface area contributed by atoms with Gasteiger partial charge in [-0.3, -0.25) is 4.79 Å². The summed E-state index contributed by atoms with van der Waals surface area (Å²) in [5, 5.41) is 7.74. The predicted octanol–water partition coefficient (Wildman–Crippen LogP) is 2.31. The number of para-hydroxylation sites is 2. The van der Waals surface area contributed by atoms with E-state index in [0.717, 1.165) is 16.1 Å². The molecule has 4 rings (SSSR count). The van der Waals surface area contributed by atoms with E-state index in [2.05, 4.69) is 30.3 Å². The number of aromatic nitrogens is 4. The molecule has 1 aromatic heterocycles. The first-order valence-corrected chi connectivity index (χ1v) is 9.06. The van der Waals surface area contributed by atoms with Crippen molar-refractivity contribution < 1.29 is 4.79 Å². The quantitative estimate of drug-likeness (QED) is 0.655. The van der Waals surface area contributed by atoms with Gasteiger partial charge < -0.3 is 4.90 Å². The number of ketones is 1. The Morgan fingerprint density at radius 1 is 1.04 bits per heavy atom. The second-order valence-corrected chi connectivity index (χ2v) is 7.36. The van der Waals surface area contributed by atoms with E-state index < -0.39 is 5.69 Å². The Bertz CT molecular complexity index is 1120. The van der Waals surface area contributed by atoms with Crippen LogP contribution in [0.25, 0.3) is 5.69 Å². The van der Waals surface area contributed by atoms with Gasteiger partial charge in [0, 0.05) is 29.9 Å². The summed E-state index contributed by atoms with van der Waals surface area (Å²) in [5.74, 6) is -0.204. The zero-order valence-electron chi connectivity index (χ0n) is 16.0. The normalized spacial score (nSPS) is 16.4. The molecular formula is C21H21N5O2. The number of fused-ring (bicyclic) bond motifs is 1. The Kier molecular flexibility index (Phi) is 4.22. The van der Waals surface area contributed by atoms with Crippen LogP contribution in [0.2, 0.25) is 0 Å². The van der Waals surface area contributed by atoms with Gasteiger partial charge in [-0.25, -0.2) is 4.79 Å². The fraction of sp³-hybridized carbons (Fsp3) is 0.238. The molecule has 0 radical (unpaired) electrons. The molecule has 0 spiro atoms. The van der Waals surface area contributed by atoms with Crippen molar-refractivity contribution in [2.45, 2.75) is 25.8 Å². The van der Waals surface area contributed by atoms with Gasteiger partial charge in [0.1, 0.15) is 6.54 Å². The number of hydrogen-bond acceptors (Lipinski definition) is 5. The maximum absolute atomic E-state index is 12.7. The predicted molar refractivity (Wildman–Crippen MR) is 107 cm³/mol. The van der Waals surface area contributed by atoms with Crippen LogP contribution in [0.3, 0.4) is 0 Å². The maximum atomic E-state index is 12.7. The number of likely N-dealkylation sites (N-methyl/N-ethyl adjacent to an activating group) is 1. The number of tetrazole rings is 1. The molecule has 0 saturated heterocycles. The molecule has 7 nitrogen and oxygen atoms in total. The molecule has 0 fully saturated rings. The van der Waals surface area contributed by atoms with Crippen LogP contribution in [0.4, 0.5) is 5.69 Å². The molecule has 142 valence electrons. The lowest BCUT2D eigenvalue weighted by molar-refractivity contribution is -0.115. The van der Waals surface area contributed by atoms with Gasteiger partial charge in [0.15, 0.2) is 5.78 Å². The van der Waals surface area contributed by atoms with E-state index in [4.69, 9.17) is 0 Å².